The van der Waals surface area contributed by atoms with Gasteiger partial charge in [0, 0.05) is 51.2 Å². The van der Waals surface area contributed by atoms with Crippen LogP contribution in [0.4, 0.5) is 11.4 Å². The molecule has 0 radical (unpaired) electrons. The van der Waals surface area contributed by atoms with Crippen molar-refractivity contribution in [1.29, 1.82) is 5.26 Å². The van der Waals surface area contributed by atoms with Crippen LogP contribution in [0.2, 0.25) is 0 Å². The highest BCUT2D eigenvalue weighted by atomic mass is 32.1. The molecule has 31 heavy (non-hydrogen) atoms. The molecule has 5 aromatic rings. The van der Waals surface area contributed by atoms with Crippen LogP contribution < -0.4 is 10.1 Å². The highest BCUT2D eigenvalue weighted by Gasteiger charge is 2.15. The van der Waals surface area contributed by atoms with E-state index in [1.807, 2.05) is 48.0 Å². The molecule has 5 nitrogen and oxygen atoms in total. The predicted octanol–water partition coefficient (Wildman–Crippen LogP) is 6.58. The number of nitrogens with zero attached hydrogens (tertiary/aromatic N) is 2. The number of anilines is 2. The van der Waals surface area contributed by atoms with Crippen molar-refractivity contribution in [2.75, 3.05) is 12.4 Å². The van der Waals surface area contributed by atoms with E-state index in [4.69, 9.17) is 4.74 Å². The Labute approximate surface area is 183 Å². The zero-order valence-electron chi connectivity index (χ0n) is 16.7. The average molecular weight is 423 g/mol. The van der Waals surface area contributed by atoms with Crippen molar-refractivity contribution < 1.29 is 4.74 Å². The molecular weight excluding hydrogens is 404 g/mol. The Morgan fingerprint density at radius 1 is 1.06 bits per heavy atom. The fourth-order valence-corrected chi connectivity index (χ4v) is 4.42. The lowest BCUT2D eigenvalue weighted by molar-refractivity contribution is 0.416. The number of pyridine rings is 1. The Balaban J connectivity index is 1.63. The summed E-state index contributed by atoms with van der Waals surface area (Å²) in [7, 11) is 1.67. The number of hydrogen-bond donors (Lipinski definition) is 2. The second-order valence-electron chi connectivity index (χ2n) is 7.02. The van der Waals surface area contributed by atoms with Crippen LogP contribution in [0.15, 0.2) is 78.6 Å². The highest BCUT2D eigenvalue weighted by Crippen LogP contribution is 2.39. The predicted molar refractivity (Wildman–Crippen MR) is 126 cm³/mol. The molecule has 6 heteroatoms. The number of rotatable bonds is 5. The maximum Gasteiger partial charge on any atom is 0.127 e. The average Bonchev–Trinajstić information content (AvgIpc) is 3.50. The number of ether oxygens (including phenoxy) is 1. The van der Waals surface area contributed by atoms with Gasteiger partial charge in [0.25, 0.3) is 0 Å². The Bertz CT molecular complexity index is 1410. The number of aromatic nitrogens is 2. The number of methoxy groups -OCH3 is 1. The van der Waals surface area contributed by atoms with E-state index in [0.717, 1.165) is 49.6 Å². The van der Waals surface area contributed by atoms with Gasteiger partial charge in [-0.3, -0.25) is 4.98 Å². The third-order valence-corrected chi connectivity index (χ3v) is 6.09. The summed E-state index contributed by atoms with van der Waals surface area (Å²) >= 11 is 1.66. The third-order valence-electron chi connectivity index (χ3n) is 5.19. The molecule has 2 aromatic carbocycles. The van der Waals surface area contributed by atoms with E-state index in [0.29, 0.717) is 5.56 Å². The lowest BCUT2D eigenvalue weighted by Crippen LogP contribution is -1.98. The number of benzene rings is 2. The van der Waals surface area contributed by atoms with Crippen molar-refractivity contribution in [3.05, 3.63) is 84.1 Å². The van der Waals surface area contributed by atoms with Crippen LogP contribution in [0, 0.1) is 11.3 Å². The van der Waals surface area contributed by atoms with Gasteiger partial charge in [0.05, 0.1) is 18.4 Å². The maximum absolute atomic E-state index is 9.74. The third kappa shape index (κ3) is 3.52. The molecule has 0 amide bonds. The SMILES string of the molecule is COc1ccc(-c2cncc(C#N)c2Nc2ccc3[nH]ccc3c2)cc1-c1cccs1. The molecule has 2 N–H and O–H groups in total. The number of H-pyrrole nitrogens is 1. The standard InChI is InChI=1S/C25H18N4OS/c1-30-23-7-4-16(12-20(23)24-3-2-10-31-24)21-15-27-14-18(13-26)25(21)29-19-5-6-22-17(11-19)8-9-28-22/h2-12,14-15,28H,1H3,(H,27,29). The summed E-state index contributed by atoms with van der Waals surface area (Å²) in [5.41, 5.74) is 6.01. The van der Waals surface area contributed by atoms with Crippen molar-refractivity contribution in [2.45, 2.75) is 0 Å². The van der Waals surface area contributed by atoms with Gasteiger partial charge in [-0.05, 0) is 53.4 Å². The number of aromatic amines is 1. The van der Waals surface area contributed by atoms with E-state index in [1.54, 1.807) is 30.8 Å². The molecule has 0 atom stereocenters. The molecular formula is C25H18N4OS. The summed E-state index contributed by atoms with van der Waals surface area (Å²) in [5, 5.41) is 16.3. The normalized spacial score (nSPS) is 10.7. The van der Waals surface area contributed by atoms with Crippen LogP contribution in [-0.2, 0) is 0 Å². The van der Waals surface area contributed by atoms with Gasteiger partial charge in [0.15, 0.2) is 0 Å². The molecule has 3 heterocycles. The molecule has 0 aliphatic heterocycles. The van der Waals surface area contributed by atoms with Crippen molar-refractivity contribution in [3.63, 3.8) is 0 Å². The summed E-state index contributed by atoms with van der Waals surface area (Å²) in [6, 6.07) is 20.5. The first-order valence-electron chi connectivity index (χ1n) is 9.71. The summed E-state index contributed by atoms with van der Waals surface area (Å²) in [6.45, 7) is 0. The van der Waals surface area contributed by atoms with E-state index >= 15 is 0 Å². The minimum Gasteiger partial charge on any atom is -0.496 e. The minimum atomic E-state index is 0.486. The van der Waals surface area contributed by atoms with Gasteiger partial charge in [-0.2, -0.15) is 5.26 Å². The maximum atomic E-state index is 9.74. The molecule has 0 saturated carbocycles. The number of fused-ring (bicyclic) bond motifs is 1. The van der Waals surface area contributed by atoms with E-state index in [9.17, 15) is 5.26 Å². The summed E-state index contributed by atoms with van der Waals surface area (Å²) in [6.07, 6.45) is 5.29. The fourth-order valence-electron chi connectivity index (χ4n) is 3.67. The van der Waals surface area contributed by atoms with Crippen LogP contribution in [0.25, 0.3) is 32.5 Å². The van der Waals surface area contributed by atoms with Crippen LogP contribution >= 0.6 is 11.3 Å². The first kappa shape index (κ1) is 18.9. The second kappa shape index (κ2) is 7.98. The molecule has 150 valence electrons. The molecule has 5 rings (SSSR count). The van der Waals surface area contributed by atoms with E-state index in [1.165, 1.54) is 0 Å². The van der Waals surface area contributed by atoms with Gasteiger partial charge in [-0.25, -0.2) is 0 Å². The highest BCUT2D eigenvalue weighted by molar-refractivity contribution is 7.13. The van der Waals surface area contributed by atoms with Crippen LogP contribution in [0.3, 0.4) is 0 Å². The quantitative estimate of drug-likeness (QED) is 0.335. The van der Waals surface area contributed by atoms with Crippen LogP contribution in [-0.4, -0.2) is 17.1 Å². The van der Waals surface area contributed by atoms with Gasteiger partial charge in [-0.1, -0.05) is 12.1 Å². The summed E-state index contributed by atoms with van der Waals surface area (Å²) in [5.74, 6) is 0.808. The monoisotopic (exact) mass is 422 g/mol. The van der Waals surface area contributed by atoms with Gasteiger partial charge in [0.1, 0.15) is 11.8 Å². The largest absolute Gasteiger partial charge is 0.496 e. The van der Waals surface area contributed by atoms with Crippen molar-refractivity contribution in [3.8, 4) is 33.4 Å². The molecule has 0 unspecified atom stereocenters. The van der Waals surface area contributed by atoms with E-state index in [2.05, 4.69) is 39.6 Å². The number of thiophene rings is 1. The number of nitriles is 1. The minimum absolute atomic E-state index is 0.486. The van der Waals surface area contributed by atoms with E-state index < -0.39 is 0 Å². The molecule has 3 aromatic heterocycles. The molecule has 0 saturated heterocycles. The number of hydrogen-bond acceptors (Lipinski definition) is 5. The van der Waals surface area contributed by atoms with Gasteiger partial charge in [0.2, 0.25) is 0 Å². The lowest BCUT2D eigenvalue weighted by Gasteiger charge is -2.15. The Morgan fingerprint density at radius 2 is 2.00 bits per heavy atom. The Kier molecular flexibility index (Phi) is 4.87. The Morgan fingerprint density at radius 3 is 2.81 bits per heavy atom. The summed E-state index contributed by atoms with van der Waals surface area (Å²) < 4.78 is 5.58. The van der Waals surface area contributed by atoms with Gasteiger partial charge >= 0.3 is 0 Å². The molecule has 0 aliphatic carbocycles. The van der Waals surface area contributed by atoms with Crippen molar-refractivity contribution in [1.82, 2.24) is 9.97 Å². The second-order valence-corrected chi connectivity index (χ2v) is 7.97. The summed E-state index contributed by atoms with van der Waals surface area (Å²) in [4.78, 5) is 8.64. The molecule has 0 spiro atoms. The first-order valence-corrected chi connectivity index (χ1v) is 10.6. The van der Waals surface area contributed by atoms with Crippen molar-refractivity contribution in [2.24, 2.45) is 0 Å². The zero-order valence-corrected chi connectivity index (χ0v) is 17.5. The fraction of sp³-hybridized carbons (Fsp3) is 0.0400. The first-order chi connectivity index (χ1) is 15.3. The van der Waals surface area contributed by atoms with Crippen molar-refractivity contribution >= 4 is 33.6 Å². The van der Waals surface area contributed by atoms with Gasteiger partial charge < -0.3 is 15.0 Å². The van der Waals surface area contributed by atoms with Crippen LogP contribution in [0.1, 0.15) is 5.56 Å². The molecule has 0 aliphatic rings. The topological polar surface area (TPSA) is 73.7 Å². The van der Waals surface area contributed by atoms with E-state index in [-0.39, 0.29) is 0 Å². The Hall–Kier alpha value is -4.08. The smallest absolute Gasteiger partial charge is 0.127 e. The zero-order chi connectivity index (χ0) is 21.2. The lowest BCUT2D eigenvalue weighted by atomic mass is 9.99. The van der Waals surface area contributed by atoms with Gasteiger partial charge in [-0.15, -0.1) is 11.3 Å². The number of nitrogens with one attached hydrogen (secondary N) is 2. The molecule has 0 bridgehead atoms. The molecule has 0 fully saturated rings. The van der Waals surface area contributed by atoms with Crippen LogP contribution in [0.5, 0.6) is 5.75 Å².